The number of halogens is 2. The number of carboxylic acids is 1. The summed E-state index contributed by atoms with van der Waals surface area (Å²) in [6.45, 7) is 2.61. The van der Waals surface area contributed by atoms with Gasteiger partial charge in [0.2, 0.25) is 0 Å². The molecule has 0 spiro atoms. The number of hydrogen-bond donors (Lipinski definition) is 1. The smallest absolute Gasteiger partial charge is 0.307 e. The van der Waals surface area contributed by atoms with Crippen LogP contribution in [0.2, 0.25) is 10.0 Å². The zero-order valence-corrected chi connectivity index (χ0v) is 15.8. The molecule has 0 aliphatic carbocycles. The molecule has 6 heteroatoms. The molecule has 1 aliphatic rings. The molecule has 2 aromatic carbocycles. The average molecular weight is 394 g/mol. The number of rotatable bonds is 7. The van der Waals surface area contributed by atoms with Gasteiger partial charge >= 0.3 is 5.97 Å². The molecule has 1 N–H and O–H groups in total. The molecule has 3 rings (SSSR count). The molecular formula is C20H21Cl2NO3. The summed E-state index contributed by atoms with van der Waals surface area (Å²) < 4.78 is 6.18. The average Bonchev–Trinajstić information content (AvgIpc) is 3.10. The standard InChI is InChI=1S/C20H21Cl2NO3/c21-17-5-1-14(2-6-17)19(15-3-7-18(22)8-4-15)26-12-11-23-10-9-16(13-23)20(24)25/h1-8,16,19H,9-13H2,(H,24,25). The molecule has 1 heterocycles. The molecule has 1 fully saturated rings. The van der Waals surface area contributed by atoms with Gasteiger partial charge in [0.25, 0.3) is 0 Å². The zero-order valence-electron chi connectivity index (χ0n) is 14.3. The van der Waals surface area contributed by atoms with Gasteiger partial charge in [-0.1, -0.05) is 47.5 Å². The Hall–Kier alpha value is -1.59. The lowest BCUT2D eigenvalue weighted by atomic mass is 10.0. The van der Waals surface area contributed by atoms with Crippen LogP contribution in [0.3, 0.4) is 0 Å². The molecule has 26 heavy (non-hydrogen) atoms. The van der Waals surface area contributed by atoms with Gasteiger partial charge in [0.1, 0.15) is 6.10 Å². The summed E-state index contributed by atoms with van der Waals surface area (Å²) in [6.07, 6.45) is 0.482. The van der Waals surface area contributed by atoms with Gasteiger partial charge in [-0.05, 0) is 48.4 Å². The number of hydrogen-bond acceptors (Lipinski definition) is 3. The van der Waals surface area contributed by atoms with E-state index >= 15 is 0 Å². The van der Waals surface area contributed by atoms with Crippen LogP contribution in [-0.4, -0.2) is 42.2 Å². The van der Waals surface area contributed by atoms with Gasteiger partial charge in [-0.25, -0.2) is 0 Å². The maximum atomic E-state index is 11.1. The summed E-state index contributed by atoms with van der Waals surface area (Å²) in [7, 11) is 0. The van der Waals surface area contributed by atoms with E-state index in [9.17, 15) is 4.79 Å². The monoisotopic (exact) mass is 393 g/mol. The summed E-state index contributed by atoms with van der Waals surface area (Å²) in [4.78, 5) is 13.2. The van der Waals surface area contributed by atoms with Gasteiger partial charge in [-0.3, -0.25) is 4.79 Å². The third-order valence-corrected chi connectivity index (χ3v) is 5.16. The van der Waals surface area contributed by atoms with Crippen LogP contribution in [0.5, 0.6) is 0 Å². The minimum absolute atomic E-state index is 0.220. The third kappa shape index (κ3) is 4.98. The van der Waals surface area contributed by atoms with Gasteiger partial charge in [0.15, 0.2) is 0 Å². The highest BCUT2D eigenvalue weighted by atomic mass is 35.5. The molecule has 1 atom stereocenters. The largest absolute Gasteiger partial charge is 0.481 e. The van der Waals surface area contributed by atoms with Crippen LogP contribution in [0.15, 0.2) is 48.5 Å². The summed E-state index contributed by atoms with van der Waals surface area (Å²) >= 11 is 12.0. The fraction of sp³-hybridized carbons (Fsp3) is 0.350. The van der Waals surface area contributed by atoms with E-state index in [-0.39, 0.29) is 12.0 Å². The van der Waals surface area contributed by atoms with Crippen molar-refractivity contribution in [3.8, 4) is 0 Å². The lowest BCUT2D eigenvalue weighted by Crippen LogP contribution is -2.27. The quantitative estimate of drug-likeness (QED) is 0.751. The number of aliphatic carboxylic acids is 1. The molecule has 0 saturated carbocycles. The molecular weight excluding hydrogens is 373 g/mol. The summed E-state index contributed by atoms with van der Waals surface area (Å²) in [6, 6.07) is 15.2. The Morgan fingerprint density at radius 3 is 2.08 bits per heavy atom. The van der Waals surface area contributed by atoms with Gasteiger partial charge in [0, 0.05) is 23.1 Å². The number of carbonyl (C=O) groups is 1. The fourth-order valence-electron chi connectivity index (χ4n) is 3.20. The molecule has 0 amide bonds. The minimum atomic E-state index is -0.714. The lowest BCUT2D eigenvalue weighted by Gasteiger charge is -2.22. The topological polar surface area (TPSA) is 49.8 Å². The number of ether oxygens (including phenoxy) is 1. The van der Waals surface area contributed by atoms with E-state index < -0.39 is 5.97 Å². The Balaban J connectivity index is 1.65. The lowest BCUT2D eigenvalue weighted by molar-refractivity contribution is -0.141. The first-order valence-electron chi connectivity index (χ1n) is 8.60. The normalized spacial score (nSPS) is 17.7. The highest BCUT2D eigenvalue weighted by Gasteiger charge is 2.27. The highest BCUT2D eigenvalue weighted by Crippen LogP contribution is 2.28. The number of nitrogens with zero attached hydrogens (tertiary/aromatic N) is 1. The molecule has 138 valence electrons. The van der Waals surface area contributed by atoms with Crippen LogP contribution in [0, 0.1) is 5.92 Å². The van der Waals surface area contributed by atoms with Crippen LogP contribution in [0.1, 0.15) is 23.7 Å². The molecule has 0 aromatic heterocycles. The molecule has 2 aromatic rings. The van der Waals surface area contributed by atoms with E-state index in [1.165, 1.54) is 0 Å². The molecule has 0 bridgehead atoms. The van der Waals surface area contributed by atoms with Crippen LogP contribution < -0.4 is 0 Å². The Kier molecular flexibility index (Phi) is 6.54. The summed E-state index contributed by atoms with van der Waals surface area (Å²) in [5.41, 5.74) is 2.03. The van der Waals surface area contributed by atoms with E-state index in [1.807, 2.05) is 48.5 Å². The van der Waals surface area contributed by atoms with Gasteiger partial charge in [0.05, 0.1) is 12.5 Å². The Bertz CT molecular complexity index is 688. The van der Waals surface area contributed by atoms with Crippen LogP contribution in [-0.2, 0) is 9.53 Å². The van der Waals surface area contributed by atoms with Crippen molar-refractivity contribution in [2.45, 2.75) is 12.5 Å². The van der Waals surface area contributed by atoms with Crippen molar-refractivity contribution in [1.29, 1.82) is 0 Å². The van der Waals surface area contributed by atoms with Gasteiger partial charge < -0.3 is 14.7 Å². The van der Waals surface area contributed by atoms with Crippen molar-refractivity contribution in [2.24, 2.45) is 5.92 Å². The fourth-order valence-corrected chi connectivity index (χ4v) is 3.45. The predicted octanol–water partition coefficient (Wildman–Crippen LogP) is 4.51. The van der Waals surface area contributed by atoms with Crippen LogP contribution >= 0.6 is 23.2 Å². The second-order valence-electron chi connectivity index (χ2n) is 6.48. The zero-order chi connectivity index (χ0) is 18.5. The molecule has 1 saturated heterocycles. The molecule has 1 aliphatic heterocycles. The number of carboxylic acid groups (broad SMARTS) is 1. The van der Waals surface area contributed by atoms with Gasteiger partial charge in [-0.2, -0.15) is 0 Å². The second kappa shape index (κ2) is 8.87. The maximum Gasteiger partial charge on any atom is 0.307 e. The van der Waals surface area contributed by atoms with Crippen molar-refractivity contribution in [3.63, 3.8) is 0 Å². The first kappa shape index (κ1) is 19.2. The SMILES string of the molecule is O=C(O)C1CCN(CCOC(c2ccc(Cl)cc2)c2ccc(Cl)cc2)C1. The Morgan fingerprint density at radius 1 is 1.08 bits per heavy atom. The van der Waals surface area contributed by atoms with E-state index in [0.29, 0.717) is 36.2 Å². The van der Waals surface area contributed by atoms with Crippen LogP contribution in [0.25, 0.3) is 0 Å². The summed E-state index contributed by atoms with van der Waals surface area (Å²) in [5.74, 6) is -0.980. The van der Waals surface area contributed by atoms with Crippen LogP contribution in [0.4, 0.5) is 0 Å². The molecule has 1 unspecified atom stereocenters. The van der Waals surface area contributed by atoms with E-state index in [1.54, 1.807) is 0 Å². The second-order valence-corrected chi connectivity index (χ2v) is 7.35. The highest BCUT2D eigenvalue weighted by molar-refractivity contribution is 6.30. The third-order valence-electron chi connectivity index (χ3n) is 4.66. The predicted molar refractivity (Wildman–Crippen MR) is 103 cm³/mol. The maximum absolute atomic E-state index is 11.1. The van der Waals surface area contributed by atoms with Crippen molar-refractivity contribution >= 4 is 29.2 Å². The first-order valence-corrected chi connectivity index (χ1v) is 9.36. The number of benzene rings is 2. The minimum Gasteiger partial charge on any atom is -0.481 e. The molecule has 4 nitrogen and oxygen atoms in total. The van der Waals surface area contributed by atoms with Crippen molar-refractivity contribution in [3.05, 3.63) is 69.7 Å². The Morgan fingerprint density at radius 2 is 1.62 bits per heavy atom. The van der Waals surface area contributed by atoms with Gasteiger partial charge in [-0.15, -0.1) is 0 Å². The van der Waals surface area contributed by atoms with Crippen molar-refractivity contribution in [2.75, 3.05) is 26.2 Å². The van der Waals surface area contributed by atoms with Crippen molar-refractivity contribution < 1.29 is 14.6 Å². The van der Waals surface area contributed by atoms with E-state index in [2.05, 4.69) is 4.90 Å². The molecule has 0 radical (unpaired) electrons. The Labute approximate surface area is 163 Å². The van der Waals surface area contributed by atoms with E-state index in [0.717, 1.165) is 17.7 Å². The number of likely N-dealkylation sites (tertiary alicyclic amines) is 1. The van der Waals surface area contributed by atoms with E-state index in [4.69, 9.17) is 33.0 Å². The summed E-state index contributed by atoms with van der Waals surface area (Å²) in [5, 5.41) is 10.5. The van der Waals surface area contributed by atoms with Crippen molar-refractivity contribution in [1.82, 2.24) is 4.90 Å². The first-order chi connectivity index (χ1) is 12.5.